The van der Waals surface area contributed by atoms with Crippen molar-refractivity contribution in [3.8, 4) is 0 Å². The van der Waals surface area contributed by atoms with Crippen LogP contribution >= 0.6 is 0 Å². The SMILES string of the molecule is CCCCCCCCCCCCn1c(C(C)NC(=O)C2CCCO2)nc2ccccc21. The van der Waals surface area contributed by atoms with Crippen LogP contribution in [0.5, 0.6) is 0 Å². The fraction of sp³-hybridized carbons (Fsp3) is 0.692. The van der Waals surface area contributed by atoms with Crippen molar-refractivity contribution in [2.45, 2.75) is 110 Å². The Balaban J connectivity index is 1.50. The zero-order chi connectivity index (χ0) is 21.9. The second-order valence-corrected chi connectivity index (χ2v) is 9.02. The molecule has 2 unspecified atom stereocenters. The Morgan fingerprint density at radius 2 is 1.77 bits per heavy atom. The number of fused-ring (bicyclic) bond motifs is 1. The van der Waals surface area contributed by atoms with Crippen LogP contribution in [0.25, 0.3) is 11.0 Å². The molecule has 1 aromatic heterocycles. The first kappa shape index (κ1) is 23.8. The highest BCUT2D eigenvalue weighted by Gasteiger charge is 2.26. The summed E-state index contributed by atoms with van der Waals surface area (Å²) in [5.74, 6) is 0.936. The van der Waals surface area contributed by atoms with E-state index in [0.717, 1.165) is 42.7 Å². The number of hydrogen-bond donors (Lipinski definition) is 1. The summed E-state index contributed by atoms with van der Waals surface area (Å²) in [6, 6.07) is 8.16. The fourth-order valence-electron chi connectivity index (χ4n) is 4.57. The smallest absolute Gasteiger partial charge is 0.249 e. The van der Waals surface area contributed by atoms with Crippen molar-refractivity contribution in [2.24, 2.45) is 0 Å². The van der Waals surface area contributed by atoms with E-state index in [9.17, 15) is 4.79 Å². The van der Waals surface area contributed by atoms with Crippen LogP contribution in [0.4, 0.5) is 0 Å². The predicted octanol–water partition coefficient (Wildman–Crippen LogP) is 6.31. The van der Waals surface area contributed by atoms with E-state index in [1.54, 1.807) is 0 Å². The fourth-order valence-corrected chi connectivity index (χ4v) is 4.57. The van der Waals surface area contributed by atoms with Gasteiger partial charge in [-0.15, -0.1) is 0 Å². The largest absolute Gasteiger partial charge is 0.368 e. The maximum absolute atomic E-state index is 12.5. The number of aromatic nitrogens is 2. The zero-order valence-corrected chi connectivity index (χ0v) is 19.6. The molecule has 1 aromatic carbocycles. The van der Waals surface area contributed by atoms with E-state index < -0.39 is 0 Å². The summed E-state index contributed by atoms with van der Waals surface area (Å²) in [4.78, 5) is 17.4. The van der Waals surface area contributed by atoms with Crippen molar-refractivity contribution in [2.75, 3.05) is 6.61 Å². The molecule has 0 aliphatic carbocycles. The Labute approximate surface area is 188 Å². The molecule has 0 radical (unpaired) electrons. The molecule has 5 heteroatoms. The lowest BCUT2D eigenvalue weighted by Gasteiger charge is -2.18. The number of nitrogens with zero attached hydrogens (tertiary/aromatic N) is 2. The summed E-state index contributed by atoms with van der Waals surface area (Å²) < 4.78 is 7.85. The number of para-hydroxylation sites is 2. The number of hydrogen-bond acceptors (Lipinski definition) is 3. The number of nitrogens with one attached hydrogen (secondary N) is 1. The molecule has 1 amide bonds. The van der Waals surface area contributed by atoms with Crippen LogP contribution in [0.3, 0.4) is 0 Å². The third-order valence-electron chi connectivity index (χ3n) is 6.39. The number of carbonyl (C=O) groups is 1. The summed E-state index contributed by atoms with van der Waals surface area (Å²) in [6.45, 7) is 5.94. The van der Waals surface area contributed by atoms with Crippen molar-refractivity contribution in [3.05, 3.63) is 30.1 Å². The Bertz CT molecular complexity index is 795. The molecule has 0 bridgehead atoms. The van der Waals surface area contributed by atoms with Crippen molar-refractivity contribution in [1.29, 1.82) is 0 Å². The van der Waals surface area contributed by atoms with Gasteiger partial charge in [-0.05, 0) is 38.3 Å². The number of carbonyl (C=O) groups excluding carboxylic acids is 1. The van der Waals surface area contributed by atoms with E-state index in [0.29, 0.717) is 6.61 Å². The van der Waals surface area contributed by atoms with Crippen molar-refractivity contribution in [1.82, 2.24) is 14.9 Å². The molecule has 3 rings (SSSR count). The van der Waals surface area contributed by atoms with Gasteiger partial charge in [0.05, 0.1) is 17.1 Å². The summed E-state index contributed by atoms with van der Waals surface area (Å²) in [6.07, 6.45) is 14.8. The molecule has 2 heterocycles. The molecule has 31 heavy (non-hydrogen) atoms. The number of amides is 1. The number of rotatable bonds is 14. The number of ether oxygens (including phenoxy) is 1. The molecular formula is C26H41N3O2. The van der Waals surface area contributed by atoms with Crippen LogP contribution in [-0.4, -0.2) is 28.2 Å². The average Bonchev–Trinajstić information content (AvgIpc) is 3.43. The molecular weight excluding hydrogens is 386 g/mol. The topological polar surface area (TPSA) is 56.2 Å². The molecule has 172 valence electrons. The van der Waals surface area contributed by atoms with Crippen molar-refractivity contribution < 1.29 is 9.53 Å². The minimum atomic E-state index is -0.303. The molecule has 1 N–H and O–H groups in total. The quantitative estimate of drug-likeness (QED) is 0.359. The Morgan fingerprint density at radius 3 is 2.45 bits per heavy atom. The first-order valence-electron chi connectivity index (χ1n) is 12.6. The predicted molar refractivity (Wildman–Crippen MR) is 127 cm³/mol. The third kappa shape index (κ3) is 7.06. The normalized spacial score (nSPS) is 17.3. The van der Waals surface area contributed by atoms with E-state index in [2.05, 4.69) is 35.0 Å². The van der Waals surface area contributed by atoms with Gasteiger partial charge in [-0.1, -0.05) is 76.8 Å². The summed E-state index contributed by atoms with van der Waals surface area (Å²) in [5.41, 5.74) is 2.16. The third-order valence-corrected chi connectivity index (χ3v) is 6.39. The van der Waals surface area contributed by atoms with Crippen LogP contribution < -0.4 is 5.32 Å². The molecule has 1 aliphatic heterocycles. The van der Waals surface area contributed by atoms with Gasteiger partial charge in [0.15, 0.2) is 0 Å². The molecule has 0 spiro atoms. The van der Waals surface area contributed by atoms with Crippen LogP contribution in [0.15, 0.2) is 24.3 Å². The Morgan fingerprint density at radius 1 is 1.10 bits per heavy atom. The van der Waals surface area contributed by atoms with E-state index in [1.165, 1.54) is 57.8 Å². The summed E-state index contributed by atoms with van der Waals surface area (Å²) >= 11 is 0. The van der Waals surface area contributed by atoms with E-state index in [4.69, 9.17) is 9.72 Å². The molecule has 0 saturated carbocycles. The lowest BCUT2D eigenvalue weighted by atomic mass is 10.1. The van der Waals surface area contributed by atoms with Crippen LogP contribution in [0, 0.1) is 0 Å². The summed E-state index contributed by atoms with van der Waals surface area (Å²) in [5, 5.41) is 3.13. The molecule has 1 saturated heterocycles. The highest BCUT2D eigenvalue weighted by atomic mass is 16.5. The van der Waals surface area contributed by atoms with Crippen LogP contribution in [0.1, 0.15) is 103 Å². The monoisotopic (exact) mass is 427 g/mol. The molecule has 5 nitrogen and oxygen atoms in total. The molecule has 1 aliphatic rings. The molecule has 2 atom stereocenters. The maximum atomic E-state index is 12.5. The Hall–Kier alpha value is -1.88. The first-order chi connectivity index (χ1) is 15.2. The first-order valence-corrected chi connectivity index (χ1v) is 12.6. The lowest BCUT2D eigenvalue weighted by Crippen LogP contribution is -2.36. The number of benzene rings is 1. The molecule has 1 fully saturated rings. The van der Waals surface area contributed by atoms with Gasteiger partial charge >= 0.3 is 0 Å². The number of imidazole rings is 1. The van der Waals surface area contributed by atoms with Gasteiger partial charge in [0, 0.05) is 13.2 Å². The van der Waals surface area contributed by atoms with Crippen LogP contribution in [0.2, 0.25) is 0 Å². The summed E-state index contributed by atoms with van der Waals surface area (Å²) in [7, 11) is 0. The zero-order valence-electron chi connectivity index (χ0n) is 19.6. The average molecular weight is 428 g/mol. The van der Waals surface area contributed by atoms with Gasteiger partial charge in [-0.3, -0.25) is 4.79 Å². The van der Waals surface area contributed by atoms with Gasteiger partial charge in [0.25, 0.3) is 0 Å². The number of unbranched alkanes of at least 4 members (excludes halogenated alkanes) is 9. The van der Waals surface area contributed by atoms with Gasteiger partial charge in [0.1, 0.15) is 11.9 Å². The second-order valence-electron chi connectivity index (χ2n) is 9.02. The minimum absolute atomic E-state index is 0.0115. The lowest BCUT2D eigenvalue weighted by molar-refractivity contribution is -0.130. The van der Waals surface area contributed by atoms with Gasteiger partial charge in [-0.2, -0.15) is 0 Å². The highest BCUT2D eigenvalue weighted by Crippen LogP contribution is 2.23. The van der Waals surface area contributed by atoms with Gasteiger partial charge in [0.2, 0.25) is 5.91 Å². The van der Waals surface area contributed by atoms with Crippen molar-refractivity contribution in [3.63, 3.8) is 0 Å². The van der Waals surface area contributed by atoms with Crippen LogP contribution in [-0.2, 0) is 16.1 Å². The van der Waals surface area contributed by atoms with E-state index in [-0.39, 0.29) is 18.1 Å². The second kappa shape index (κ2) is 12.8. The maximum Gasteiger partial charge on any atom is 0.249 e. The van der Waals surface area contributed by atoms with E-state index >= 15 is 0 Å². The standard InChI is InChI=1S/C26H41N3O2/c1-3-4-5-6-7-8-9-10-11-14-19-29-23-17-13-12-16-22(23)28-25(29)21(2)27-26(30)24-18-15-20-31-24/h12-13,16-17,21,24H,3-11,14-15,18-20H2,1-2H3,(H,27,30). The minimum Gasteiger partial charge on any atom is -0.368 e. The Kier molecular flexibility index (Phi) is 9.85. The van der Waals surface area contributed by atoms with E-state index in [1.807, 2.05) is 13.0 Å². The van der Waals surface area contributed by atoms with Gasteiger partial charge < -0.3 is 14.6 Å². The molecule has 2 aromatic rings. The van der Waals surface area contributed by atoms with Crippen molar-refractivity contribution >= 4 is 16.9 Å². The highest BCUT2D eigenvalue weighted by molar-refractivity contribution is 5.81. The number of aryl methyl sites for hydroxylation is 1. The van der Waals surface area contributed by atoms with Gasteiger partial charge in [-0.25, -0.2) is 4.98 Å².